The van der Waals surface area contributed by atoms with Crippen molar-refractivity contribution in [3.05, 3.63) is 100 Å². The van der Waals surface area contributed by atoms with E-state index in [1.807, 2.05) is 30.3 Å². The lowest BCUT2D eigenvalue weighted by atomic mass is 10.1. The molecule has 1 aliphatic rings. The first-order valence-corrected chi connectivity index (χ1v) is 11.4. The molecule has 0 spiro atoms. The zero-order valence-corrected chi connectivity index (χ0v) is 18.7. The highest BCUT2D eigenvalue weighted by molar-refractivity contribution is 6.35. The summed E-state index contributed by atoms with van der Waals surface area (Å²) in [6.45, 7) is 0. The summed E-state index contributed by atoms with van der Waals surface area (Å²) in [5.74, 6) is 0.723. The standard InChI is InChI=1S/C26H19ClFN5O/c27-17-8-4-11-20-21(17)26(34)33(16-6-2-1-3-7-16)25(31-20)23(15-12-13-15)32-24-22-18(28)9-5-10-19(22)29-14-30-24/h1-11,14-15,23H,12-13H2,(H,29,30,32)/t23-/m0/s1. The van der Waals surface area contributed by atoms with Gasteiger partial charge < -0.3 is 5.32 Å². The van der Waals surface area contributed by atoms with E-state index in [4.69, 9.17) is 16.6 Å². The second kappa shape index (κ2) is 8.18. The fraction of sp³-hybridized carbons (Fsp3) is 0.154. The fourth-order valence-electron chi connectivity index (χ4n) is 4.39. The molecule has 0 aliphatic heterocycles. The first-order chi connectivity index (χ1) is 16.6. The van der Waals surface area contributed by atoms with Crippen LogP contribution in [0.25, 0.3) is 27.5 Å². The Morgan fingerprint density at radius 3 is 2.50 bits per heavy atom. The second-order valence-electron chi connectivity index (χ2n) is 8.40. The summed E-state index contributed by atoms with van der Waals surface area (Å²) in [7, 11) is 0. The summed E-state index contributed by atoms with van der Waals surface area (Å²) in [5.41, 5.74) is 1.46. The van der Waals surface area contributed by atoms with Crippen LogP contribution in [0.4, 0.5) is 10.2 Å². The molecule has 0 unspecified atom stereocenters. The molecule has 0 bridgehead atoms. The highest BCUT2D eigenvalue weighted by atomic mass is 35.5. The second-order valence-corrected chi connectivity index (χ2v) is 8.80. The van der Waals surface area contributed by atoms with E-state index in [1.54, 1.807) is 34.9 Å². The number of anilines is 1. The van der Waals surface area contributed by atoms with Crippen LogP contribution in [0.1, 0.15) is 24.7 Å². The molecule has 1 saturated carbocycles. The first-order valence-electron chi connectivity index (χ1n) is 11.0. The van der Waals surface area contributed by atoms with E-state index in [9.17, 15) is 9.18 Å². The van der Waals surface area contributed by atoms with Crippen LogP contribution in [-0.4, -0.2) is 19.5 Å². The largest absolute Gasteiger partial charge is 0.359 e. The predicted molar refractivity (Wildman–Crippen MR) is 131 cm³/mol. The molecule has 6 rings (SSSR count). The number of fused-ring (bicyclic) bond motifs is 2. The van der Waals surface area contributed by atoms with Crippen molar-refractivity contribution in [3.63, 3.8) is 0 Å². The van der Waals surface area contributed by atoms with Gasteiger partial charge in [-0.2, -0.15) is 0 Å². The molecule has 0 radical (unpaired) electrons. The molecular weight excluding hydrogens is 453 g/mol. The van der Waals surface area contributed by atoms with Gasteiger partial charge in [0, 0.05) is 0 Å². The van der Waals surface area contributed by atoms with E-state index in [-0.39, 0.29) is 17.5 Å². The van der Waals surface area contributed by atoms with Gasteiger partial charge in [-0.3, -0.25) is 9.36 Å². The van der Waals surface area contributed by atoms with Crippen LogP contribution < -0.4 is 10.9 Å². The molecule has 34 heavy (non-hydrogen) atoms. The molecule has 2 heterocycles. The number of hydrogen-bond donors (Lipinski definition) is 1. The Bertz CT molecular complexity index is 1600. The molecular formula is C26H19ClFN5O. The van der Waals surface area contributed by atoms with E-state index in [0.717, 1.165) is 12.8 Å². The van der Waals surface area contributed by atoms with Gasteiger partial charge in [-0.1, -0.05) is 41.9 Å². The lowest BCUT2D eigenvalue weighted by Crippen LogP contribution is -2.29. The van der Waals surface area contributed by atoms with Crippen LogP contribution in [0.15, 0.2) is 77.9 Å². The summed E-state index contributed by atoms with van der Waals surface area (Å²) in [6, 6.07) is 19.0. The van der Waals surface area contributed by atoms with Crippen molar-refractivity contribution in [1.82, 2.24) is 19.5 Å². The van der Waals surface area contributed by atoms with Gasteiger partial charge in [0.25, 0.3) is 5.56 Å². The number of aromatic nitrogens is 4. The maximum absolute atomic E-state index is 14.8. The highest BCUT2D eigenvalue weighted by Gasteiger charge is 2.37. The number of hydrogen-bond acceptors (Lipinski definition) is 5. The van der Waals surface area contributed by atoms with Crippen LogP contribution in [-0.2, 0) is 0 Å². The fourth-order valence-corrected chi connectivity index (χ4v) is 4.64. The third kappa shape index (κ3) is 3.49. The summed E-state index contributed by atoms with van der Waals surface area (Å²) in [6.07, 6.45) is 3.33. The van der Waals surface area contributed by atoms with E-state index < -0.39 is 5.82 Å². The van der Waals surface area contributed by atoms with Crippen LogP contribution in [0, 0.1) is 11.7 Å². The molecule has 8 heteroatoms. The molecule has 6 nitrogen and oxygen atoms in total. The van der Waals surface area contributed by atoms with Gasteiger partial charge in [-0.05, 0) is 55.2 Å². The molecule has 1 N–H and O–H groups in total. The molecule has 2 aromatic heterocycles. The maximum atomic E-state index is 14.8. The third-order valence-electron chi connectivity index (χ3n) is 6.16. The highest BCUT2D eigenvalue weighted by Crippen LogP contribution is 2.43. The van der Waals surface area contributed by atoms with Crippen molar-refractivity contribution in [2.24, 2.45) is 5.92 Å². The monoisotopic (exact) mass is 471 g/mol. The molecule has 1 fully saturated rings. The predicted octanol–water partition coefficient (Wildman–Crippen LogP) is 5.68. The molecule has 5 aromatic rings. The Kier molecular flexibility index (Phi) is 4.99. The minimum absolute atomic E-state index is 0.218. The van der Waals surface area contributed by atoms with Crippen LogP contribution in [0.3, 0.4) is 0 Å². The molecule has 1 atom stereocenters. The van der Waals surface area contributed by atoms with Gasteiger partial charge in [0.05, 0.1) is 38.6 Å². The average molecular weight is 472 g/mol. The Morgan fingerprint density at radius 2 is 1.71 bits per heavy atom. The summed E-state index contributed by atoms with van der Waals surface area (Å²) >= 11 is 6.41. The van der Waals surface area contributed by atoms with Crippen molar-refractivity contribution in [1.29, 1.82) is 0 Å². The summed E-state index contributed by atoms with van der Waals surface area (Å²) in [5, 5.41) is 4.44. The first kappa shape index (κ1) is 20.7. The molecule has 0 saturated heterocycles. The van der Waals surface area contributed by atoms with E-state index in [1.165, 1.54) is 12.4 Å². The topological polar surface area (TPSA) is 72.7 Å². The Balaban J connectivity index is 1.60. The van der Waals surface area contributed by atoms with Crippen molar-refractivity contribution in [3.8, 4) is 5.69 Å². The van der Waals surface area contributed by atoms with Crippen molar-refractivity contribution in [2.75, 3.05) is 5.32 Å². The summed E-state index contributed by atoms with van der Waals surface area (Å²) in [4.78, 5) is 27.2. The molecule has 0 amide bonds. The smallest absolute Gasteiger partial charge is 0.267 e. The minimum atomic E-state index is -0.408. The average Bonchev–Trinajstić information content (AvgIpc) is 3.68. The van der Waals surface area contributed by atoms with E-state index in [0.29, 0.717) is 44.2 Å². The van der Waals surface area contributed by atoms with Crippen molar-refractivity contribution < 1.29 is 4.39 Å². The van der Waals surface area contributed by atoms with E-state index >= 15 is 0 Å². The lowest BCUT2D eigenvalue weighted by molar-refractivity contribution is 0.607. The van der Waals surface area contributed by atoms with Gasteiger partial charge in [0.2, 0.25) is 0 Å². The summed E-state index contributed by atoms with van der Waals surface area (Å²) < 4.78 is 16.4. The number of rotatable bonds is 5. The number of benzene rings is 3. The van der Waals surface area contributed by atoms with Gasteiger partial charge in [-0.25, -0.2) is 19.3 Å². The van der Waals surface area contributed by atoms with Crippen LogP contribution >= 0.6 is 11.6 Å². The minimum Gasteiger partial charge on any atom is -0.359 e. The Labute approximate surface area is 199 Å². The maximum Gasteiger partial charge on any atom is 0.267 e. The van der Waals surface area contributed by atoms with Crippen LogP contribution in [0.2, 0.25) is 5.02 Å². The van der Waals surface area contributed by atoms with Crippen LogP contribution in [0.5, 0.6) is 0 Å². The van der Waals surface area contributed by atoms with Gasteiger partial charge in [0.15, 0.2) is 0 Å². The normalized spacial score (nSPS) is 14.4. The Hall–Kier alpha value is -3.84. The quantitative estimate of drug-likeness (QED) is 0.357. The third-order valence-corrected chi connectivity index (χ3v) is 6.48. The number of nitrogens with one attached hydrogen (secondary N) is 1. The molecule has 1 aliphatic carbocycles. The van der Waals surface area contributed by atoms with Gasteiger partial charge in [-0.15, -0.1) is 0 Å². The zero-order valence-electron chi connectivity index (χ0n) is 18.0. The Morgan fingerprint density at radius 1 is 0.941 bits per heavy atom. The van der Waals surface area contributed by atoms with Crippen molar-refractivity contribution >= 4 is 39.2 Å². The zero-order chi connectivity index (χ0) is 23.2. The number of para-hydroxylation sites is 1. The van der Waals surface area contributed by atoms with Gasteiger partial charge >= 0.3 is 0 Å². The molecule has 168 valence electrons. The lowest BCUT2D eigenvalue weighted by Gasteiger charge is -2.23. The van der Waals surface area contributed by atoms with Crippen molar-refractivity contribution in [2.45, 2.75) is 18.9 Å². The SMILES string of the molecule is O=c1c2c(Cl)cccc2nc([C@@H](Nc2ncnc3cccc(F)c23)C2CC2)n1-c1ccccc1. The van der Waals surface area contributed by atoms with Gasteiger partial charge in [0.1, 0.15) is 23.8 Å². The van der Waals surface area contributed by atoms with E-state index in [2.05, 4.69) is 15.3 Å². The molecule has 3 aromatic carbocycles. The number of halogens is 2. The number of nitrogens with zero attached hydrogens (tertiary/aromatic N) is 4.